The predicted octanol–water partition coefficient (Wildman–Crippen LogP) is 2.58. The Labute approximate surface area is 139 Å². The highest BCUT2D eigenvalue weighted by atomic mass is 79.9. The molecule has 0 aliphatic heterocycles. The fraction of sp³-hybridized carbons (Fsp3) is 0.500. The molecule has 22 heavy (non-hydrogen) atoms. The van der Waals surface area contributed by atoms with E-state index < -0.39 is 12.0 Å². The van der Waals surface area contributed by atoms with E-state index in [9.17, 15) is 9.59 Å². The number of carbonyl (C=O) groups is 2. The molecule has 0 fully saturated rings. The number of carboxylic acid groups (broad SMARTS) is 1. The first-order valence-corrected chi connectivity index (χ1v) is 7.89. The maximum absolute atomic E-state index is 12.6. The molecule has 122 valence electrons. The average Bonchev–Trinajstić information content (AvgIpc) is 2.49. The number of rotatable bonds is 8. The standard InChI is InChI=1S/C16H22BrNO4/c1-11(16(20)21)18(2)15(19)13(7-8-22-3)9-12-5-4-6-14(17)10-12/h4-6,10-11,13H,7-9H2,1-3H3,(H,20,21). The summed E-state index contributed by atoms with van der Waals surface area (Å²) in [5.41, 5.74) is 1.03. The van der Waals surface area contributed by atoms with Crippen molar-refractivity contribution in [2.45, 2.75) is 25.8 Å². The zero-order valence-electron chi connectivity index (χ0n) is 13.1. The molecule has 5 nitrogen and oxygen atoms in total. The Bertz CT molecular complexity index is 521. The minimum absolute atomic E-state index is 0.174. The minimum atomic E-state index is -1.01. The van der Waals surface area contributed by atoms with Crippen LogP contribution in [0.2, 0.25) is 0 Å². The van der Waals surface area contributed by atoms with E-state index in [0.29, 0.717) is 19.4 Å². The second kappa shape index (κ2) is 8.90. The van der Waals surface area contributed by atoms with Crippen LogP contribution < -0.4 is 0 Å². The average molecular weight is 372 g/mol. The molecular formula is C16H22BrNO4. The maximum Gasteiger partial charge on any atom is 0.326 e. The number of hydrogen-bond donors (Lipinski definition) is 1. The van der Waals surface area contributed by atoms with Crippen molar-refractivity contribution < 1.29 is 19.4 Å². The van der Waals surface area contributed by atoms with Crippen LogP contribution in [0.4, 0.5) is 0 Å². The summed E-state index contributed by atoms with van der Waals surface area (Å²) in [4.78, 5) is 24.9. The van der Waals surface area contributed by atoms with E-state index in [-0.39, 0.29) is 11.8 Å². The number of halogens is 1. The third-order valence-electron chi connectivity index (χ3n) is 3.68. The lowest BCUT2D eigenvalue weighted by atomic mass is 9.94. The summed E-state index contributed by atoms with van der Waals surface area (Å²) in [7, 11) is 3.12. The molecule has 1 aromatic rings. The second-order valence-electron chi connectivity index (χ2n) is 5.28. The highest BCUT2D eigenvalue weighted by Crippen LogP contribution is 2.19. The molecule has 0 aromatic heterocycles. The molecule has 1 aromatic carbocycles. The first-order valence-electron chi connectivity index (χ1n) is 7.09. The van der Waals surface area contributed by atoms with E-state index >= 15 is 0 Å². The van der Waals surface area contributed by atoms with Crippen molar-refractivity contribution in [2.24, 2.45) is 5.92 Å². The smallest absolute Gasteiger partial charge is 0.326 e. The van der Waals surface area contributed by atoms with E-state index in [1.807, 2.05) is 24.3 Å². The summed E-state index contributed by atoms with van der Waals surface area (Å²) in [5, 5.41) is 9.06. The van der Waals surface area contributed by atoms with Gasteiger partial charge in [0.25, 0.3) is 0 Å². The van der Waals surface area contributed by atoms with E-state index in [2.05, 4.69) is 15.9 Å². The molecule has 0 heterocycles. The molecular weight excluding hydrogens is 350 g/mol. The fourth-order valence-corrected chi connectivity index (χ4v) is 2.61. The van der Waals surface area contributed by atoms with Crippen molar-refractivity contribution in [3.63, 3.8) is 0 Å². The van der Waals surface area contributed by atoms with Crippen LogP contribution in [0.15, 0.2) is 28.7 Å². The van der Waals surface area contributed by atoms with Crippen LogP contribution >= 0.6 is 15.9 Å². The summed E-state index contributed by atoms with van der Waals surface area (Å²) >= 11 is 3.42. The summed E-state index contributed by atoms with van der Waals surface area (Å²) in [6, 6.07) is 6.92. The molecule has 0 aliphatic carbocycles. The molecule has 0 aliphatic rings. The van der Waals surface area contributed by atoms with Gasteiger partial charge in [0.15, 0.2) is 0 Å². The van der Waals surface area contributed by atoms with E-state index in [1.54, 1.807) is 7.11 Å². The van der Waals surface area contributed by atoms with Crippen LogP contribution in [0.5, 0.6) is 0 Å². The lowest BCUT2D eigenvalue weighted by Gasteiger charge is -2.26. The van der Waals surface area contributed by atoms with Crippen LogP contribution in [0.25, 0.3) is 0 Å². The molecule has 2 unspecified atom stereocenters. The number of carbonyl (C=O) groups excluding carboxylic acids is 1. The minimum Gasteiger partial charge on any atom is -0.480 e. The molecule has 0 saturated carbocycles. The van der Waals surface area contributed by atoms with Gasteiger partial charge in [0.05, 0.1) is 0 Å². The molecule has 0 spiro atoms. The van der Waals surface area contributed by atoms with Gasteiger partial charge in [-0.15, -0.1) is 0 Å². The first-order chi connectivity index (χ1) is 10.4. The second-order valence-corrected chi connectivity index (χ2v) is 6.19. The van der Waals surface area contributed by atoms with Crippen LogP contribution in [-0.4, -0.2) is 48.7 Å². The summed E-state index contributed by atoms with van der Waals surface area (Å²) < 4.78 is 6.03. The number of methoxy groups -OCH3 is 1. The molecule has 0 saturated heterocycles. The van der Waals surface area contributed by atoms with Gasteiger partial charge in [0.2, 0.25) is 5.91 Å². The van der Waals surface area contributed by atoms with Gasteiger partial charge in [-0.2, -0.15) is 0 Å². The third-order valence-corrected chi connectivity index (χ3v) is 4.17. The molecule has 0 bridgehead atoms. The Hall–Kier alpha value is -1.40. The first kappa shape index (κ1) is 18.6. The zero-order chi connectivity index (χ0) is 16.7. The molecule has 2 atom stereocenters. The van der Waals surface area contributed by atoms with E-state index in [0.717, 1.165) is 10.0 Å². The van der Waals surface area contributed by atoms with Crippen molar-refractivity contribution in [3.8, 4) is 0 Å². The Morgan fingerprint density at radius 2 is 2.09 bits per heavy atom. The molecule has 0 radical (unpaired) electrons. The summed E-state index contributed by atoms with van der Waals surface area (Å²) in [6.07, 6.45) is 1.11. The number of aliphatic carboxylic acids is 1. The van der Waals surface area contributed by atoms with Crippen molar-refractivity contribution in [1.82, 2.24) is 4.90 Å². The zero-order valence-corrected chi connectivity index (χ0v) is 14.7. The number of ether oxygens (including phenoxy) is 1. The van der Waals surface area contributed by atoms with Crippen LogP contribution in [-0.2, 0) is 20.7 Å². The Morgan fingerprint density at radius 3 is 2.64 bits per heavy atom. The number of amides is 1. The van der Waals surface area contributed by atoms with Crippen LogP contribution in [0, 0.1) is 5.92 Å². The molecule has 6 heteroatoms. The van der Waals surface area contributed by atoms with Gasteiger partial charge in [0.1, 0.15) is 6.04 Å². The number of benzene rings is 1. The highest BCUT2D eigenvalue weighted by Gasteiger charge is 2.28. The quantitative estimate of drug-likeness (QED) is 0.762. The van der Waals surface area contributed by atoms with Gasteiger partial charge in [-0.05, 0) is 37.5 Å². The van der Waals surface area contributed by atoms with E-state index in [4.69, 9.17) is 9.84 Å². The SMILES string of the molecule is COCCC(Cc1cccc(Br)c1)C(=O)N(C)C(C)C(=O)O. The Morgan fingerprint density at radius 1 is 1.41 bits per heavy atom. The van der Waals surface area contributed by atoms with Gasteiger partial charge in [-0.25, -0.2) is 4.79 Å². The monoisotopic (exact) mass is 371 g/mol. The lowest BCUT2D eigenvalue weighted by Crippen LogP contribution is -2.44. The topological polar surface area (TPSA) is 66.8 Å². The fourth-order valence-electron chi connectivity index (χ4n) is 2.17. The Kier molecular flexibility index (Phi) is 7.55. The van der Waals surface area contributed by atoms with Crippen molar-refractivity contribution in [3.05, 3.63) is 34.3 Å². The largest absolute Gasteiger partial charge is 0.480 e. The van der Waals surface area contributed by atoms with Crippen molar-refractivity contribution >= 4 is 27.8 Å². The Balaban J connectivity index is 2.87. The maximum atomic E-state index is 12.6. The summed E-state index contributed by atoms with van der Waals surface area (Å²) in [5.74, 6) is -1.49. The molecule has 1 N–H and O–H groups in total. The van der Waals surface area contributed by atoms with Crippen molar-refractivity contribution in [1.29, 1.82) is 0 Å². The summed E-state index contributed by atoms with van der Waals surface area (Å²) in [6.45, 7) is 1.96. The molecule has 1 amide bonds. The van der Waals surface area contributed by atoms with Gasteiger partial charge in [-0.3, -0.25) is 4.79 Å². The van der Waals surface area contributed by atoms with Gasteiger partial charge < -0.3 is 14.7 Å². The van der Waals surface area contributed by atoms with Crippen molar-refractivity contribution in [2.75, 3.05) is 20.8 Å². The normalized spacial score (nSPS) is 13.5. The van der Waals surface area contributed by atoms with Gasteiger partial charge in [-0.1, -0.05) is 28.1 Å². The van der Waals surface area contributed by atoms with Crippen LogP contribution in [0.1, 0.15) is 18.9 Å². The van der Waals surface area contributed by atoms with E-state index in [1.165, 1.54) is 18.9 Å². The van der Waals surface area contributed by atoms with Gasteiger partial charge in [0, 0.05) is 31.2 Å². The number of carboxylic acids is 1. The number of nitrogens with zero attached hydrogens (tertiary/aromatic N) is 1. The lowest BCUT2D eigenvalue weighted by molar-refractivity contribution is -0.150. The number of hydrogen-bond acceptors (Lipinski definition) is 3. The highest BCUT2D eigenvalue weighted by molar-refractivity contribution is 9.10. The van der Waals surface area contributed by atoms with Crippen LogP contribution in [0.3, 0.4) is 0 Å². The van der Waals surface area contributed by atoms with Gasteiger partial charge >= 0.3 is 5.97 Å². The molecule has 1 rings (SSSR count). The predicted molar refractivity (Wildman–Crippen MR) is 87.7 cm³/mol. The number of likely N-dealkylation sites (N-methyl/N-ethyl adjacent to an activating group) is 1. The third kappa shape index (κ3) is 5.42.